The second-order valence-corrected chi connectivity index (χ2v) is 2.39. The first-order chi connectivity index (χ1) is 6.06. The van der Waals surface area contributed by atoms with Gasteiger partial charge in [0.2, 0.25) is 0 Å². The second-order valence-electron chi connectivity index (χ2n) is 2.39. The van der Waals surface area contributed by atoms with E-state index in [9.17, 15) is 4.79 Å². The third-order valence-electron chi connectivity index (χ3n) is 1.51. The van der Waals surface area contributed by atoms with Gasteiger partial charge in [-0.15, -0.1) is 0 Å². The molecule has 0 amide bonds. The van der Waals surface area contributed by atoms with Crippen molar-refractivity contribution >= 4 is 23.3 Å². The minimum atomic E-state index is -0.585. The zero-order valence-corrected chi connectivity index (χ0v) is 7.07. The van der Waals surface area contributed by atoms with Crippen molar-refractivity contribution in [2.75, 3.05) is 24.3 Å². The lowest BCUT2D eigenvalue weighted by Crippen LogP contribution is -2.10. The van der Waals surface area contributed by atoms with Crippen LogP contribution in [0.25, 0.3) is 0 Å². The number of esters is 1. The highest BCUT2D eigenvalue weighted by Gasteiger charge is 2.13. The molecule has 0 unspecified atom stereocenters. The first-order valence-corrected chi connectivity index (χ1v) is 3.46. The SMILES string of the molecule is COC(=O)c1cc(N)nc(N)c1N. The topological polar surface area (TPSA) is 117 Å². The molecule has 0 aliphatic heterocycles. The molecule has 1 rings (SSSR count). The van der Waals surface area contributed by atoms with E-state index in [1.54, 1.807) is 0 Å². The van der Waals surface area contributed by atoms with Crippen molar-refractivity contribution in [1.82, 2.24) is 4.98 Å². The predicted octanol–water partition coefficient (Wildman–Crippen LogP) is -0.385. The van der Waals surface area contributed by atoms with E-state index in [2.05, 4.69) is 9.72 Å². The van der Waals surface area contributed by atoms with E-state index < -0.39 is 5.97 Å². The van der Waals surface area contributed by atoms with Crippen molar-refractivity contribution in [3.8, 4) is 0 Å². The normalized spacial score (nSPS) is 9.62. The van der Waals surface area contributed by atoms with E-state index in [0.717, 1.165) is 0 Å². The molecule has 70 valence electrons. The molecule has 6 heteroatoms. The van der Waals surface area contributed by atoms with Gasteiger partial charge < -0.3 is 21.9 Å². The van der Waals surface area contributed by atoms with Gasteiger partial charge in [0.05, 0.1) is 18.4 Å². The number of nitrogens with zero attached hydrogens (tertiary/aromatic N) is 1. The first-order valence-electron chi connectivity index (χ1n) is 3.46. The van der Waals surface area contributed by atoms with Crippen LogP contribution in [0, 0.1) is 0 Å². The van der Waals surface area contributed by atoms with Gasteiger partial charge in [-0.1, -0.05) is 0 Å². The standard InChI is InChI=1S/C7H10N4O2/c1-13-7(12)3-2-4(8)11-6(10)5(3)9/h2H,9H2,1H3,(H4,8,10,11). The number of ether oxygens (including phenoxy) is 1. The maximum atomic E-state index is 11.1. The molecule has 0 aliphatic carbocycles. The molecule has 0 bridgehead atoms. The molecule has 6 N–H and O–H groups in total. The molecule has 0 atom stereocenters. The van der Waals surface area contributed by atoms with E-state index in [1.165, 1.54) is 13.2 Å². The molecule has 6 nitrogen and oxygen atoms in total. The number of hydrogen-bond acceptors (Lipinski definition) is 6. The van der Waals surface area contributed by atoms with Crippen molar-refractivity contribution < 1.29 is 9.53 Å². The molecule has 0 aromatic carbocycles. The van der Waals surface area contributed by atoms with Crippen LogP contribution < -0.4 is 17.2 Å². The summed E-state index contributed by atoms with van der Waals surface area (Å²) in [5.74, 6) is -0.425. The summed E-state index contributed by atoms with van der Waals surface area (Å²) >= 11 is 0. The fraction of sp³-hybridized carbons (Fsp3) is 0.143. The lowest BCUT2D eigenvalue weighted by molar-refractivity contribution is 0.0602. The van der Waals surface area contributed by atoms with Crippen molar-refractivity contribution in [3.05, 3.63) is 11.6 Å². The number of pyridine rings is 1. The molecular weight excluding hydrogens is 172 g/mol. The fourth-order valence-electron chi connectivity index (χ4n) is 0.874. The summed E-state index contributed by atoms with van der Waals surface area (Å²) in [7, 11) is 1.24. The van der Waals surface area contributed by atoms with Crippen LogP contribution in [0.2, 0.25) is 0 Å². The number of nitrogen functional groups attached to an aromatic ring is 3. The van der Waals surface area contributed by atoms with E-state index in [-0.39, 0.29) is 22.9 Å². The van der Waals surface area contributed by atoms with Gasteiger partial charge in [0.15, 0.2) is 0 Å². The van der Waals surface area contributed by atoms with Crippen LogP contribution >= 0.6 is 0 Å². The Labute approximate surface area is 74.7 Å². The van der Waals surface area contributed by atoms with Gasteiger partial charge in [0, 0.05) is 0 Å². The van der Waals surface area contributed by atoms with Crippen molar-refractivity contribution in [2.24, 2.45) is 0 Å². The smallest absolute Gasteiger partial charge is 0.340 e. The largest absolute Gasteiger partial charge is 0.465 e. The Morgan fingerprint density at radius 3 is 2.62 bits per heavy atom. The monoisotopic (exact) mass is 182 g/mol. The Balaban J connectivity index is 3.28. The number of hydrogen-bond donors (Lipinski definition) is 3. The van der Waals surface area contributed by atoms with Gasteiger partial charge in [-0.25, -0.2) is 9.78 Å². The Morgan fingerprint density at radius 1 is 1.46 bits per heavy atom. The number of anilines is 3. The lowest BCUT2D eigenvalue weighted by Gasteiger charge is -2.06. The van der Waals surface area contributed by atoms with E-state index in [0.29, 0.717) is 0 Å². The number of methoxy groups -OCH3 is 1. The zero-order valence-electron chi connectivity index (χ0n) is 7.07. The average Bonchev–Trinajstić information content (AvgIpc) is 2.10. The average molecular weight is 182 g/mol. The summed E-state index contributed by atoms with van der Waals surface area (Å²) in [4.78, 5) is 14.8. The predicted molar refractivity (Wildman–Crippen MR) is 48.8 cm³/mol. The second kappa shape index (κ2) is 3.18. The Kier molecular flexibility index (Phi) is 2.23. The summed E-state index contributed by atoms with van der Waals surface area (Å²) < 4.78 is 4.47. The van der Waals surface area contributed by atoms with Gasteiger partial charge in [-0.05, 0) is 6.07 Å². The Morgan fingerprint density at radius 2 is 2.08 bits per heavy atom. The molecule has 0 radical (unpaired) electrons. The Hall–Kier alpha value is -1.98. The molecule has 0 saturated heterocycles. The highest BCUT2D eigenvalue weighted by molar-refractivity contribution is 5.98. The summed E-state index contributed by atoms with van der Waals surface area (Å²) in [5.41, 5.74) is 16.5. The first kappa shape index (κ1) is 9.11. The maximum absolute atomic E-state index is 11.1. The quantitative estimate of drug-likeness (QED) is 0.509. The van der Waals surface area contributed by atoms with Gasteiger partial charge in [-0.2, -0.15) is 0 Å². The van der Waals surface area contributed by atoms with Crippen LogP contribution in [-0.4, -0.2) is 18.1 Å². The maximum Gasteiger partial charge on any atom is 0.340 e. The Bertz CT molecular complexity index is 351. The summed E-state index contributed by atoms with van der Waals surface area (Å²) in [5, 5.41) is 0. The van der Waals surface area contributed by atoms with E-state index >= 15 is 0 Å². The van der Waals surface area contributed by atoms with Crippen molar-refractivity contribution in [2.45, 2.75) is 0 Å². The van der Waals surface area contributed by atoms with Crippen LogP contribution in [0.4, 0.5) is 17.3 Å². The van der Waals surface area contributed by atoms with Gasteiger partial charge in [0.1, 0.15) is 11.6 Å². The molecule has 0 saturated carbocycles. The van der Waals surface area contributed by atoms with E-state index in [4.69, 9.17) is 17.2 Å². The van der Waals surface area contributed by atoms with Gasteiger partial charge >= 0.3 is 5.97 Å². The summed E-state index contributed by atoms with van der Waals surface area (Å²) in [6, 6.07) is 1.32. The van der Waals surface area contributed by atoms with Crippen molar-refractivity contribution in [3.63, 3.8) is 0 Å². The highest BCUT2D eigenvalue weighted by Crippen LogP contribution is 2.20. The minimum absolute atomic E-state index is 0.0281. The molecule has 0 aliphatic rings. The molecule has 1 heterocycles. The lowest BCUT2D eigenvalue weighted by atomic mass is 10.2. The summed E-state index contributed by atoms with van der Waals surface area (Å²) in [6.45, 7) is 0. The molecule has 1 aromatic rings. The van der Waals surface area contributed by atoms with Crippen LogP contribution in [0.1, 0.15) is 10.4 Å². The number of carbonyl (C=O) groups is 1. The number of aromatic nitrogens is 1. The molecular formula is C7H10N4O2. The minimum Gasteiger partial charge on any atom is -0.465 e. The van der Waals surface area contributed by atoms with Crippen LogP contribution in [0.15, 0.2) is 6.07 Å². The highest BCUT2D eigenvalue weighted by atomic mass is 16.5. The van der Waals surface area contributed by atoms with Crippen LogP contribution in [0.3, 0.4) is 0 Å². The molecule has 0 fully saturated rings. The molecule has 13 heavy (non-hydrogen) atoms. The van der Waals surface area contributed by atoms with Gasteiger partial charge in [0.25, 0.3) is 0 Å². The number of carbonyl (C=O) groups excluding carboxylic acids is 1. The summed E-state index contributed by atoms with van der Waals surface area (Å²) in [6.07, 6.45) is 0. The van der Waals surface area contributed by atoms with Crippen LogP contribution in [-0.2, 0) is 4.74 Å². The van der Waals surface area contributed by atoms with Crippen LogP contribution in [0.5, 0.6) is 0 Å². The van der Waals surface area contributed by atoms with Crippen molar-refractivity contribution in [1.29, 1.82) is 0 Å². The van der Waals surface area contributed by atoms with E-state index in [1.807, 2.05) is 0 Å². The molecule has 0 spiro atoms. The fourth-order valence-corrected chi connectivity index (χ4v) is 0.874. The number of rotatable bonds is 1. The third kappa shape index (κ3) is 1.61. The van der Waals surface area contributed by atoms with Gasteiger partial charge in [-0.3, -0.25) is 0 Å². The molecule has 1 aromatic heterocycles. The zero-order chi connectivity index (χ0) is 10.0. The third-order valence-corrected chi connectivity index (χ3v) is 1.51. The number of nitrogens with two attached hydrogens (primary N) is 3.